The highest BCUT2D eigenvalue weighted by molar-refractivity contribution is 5.82. The lowest BCUT2D eigenvalue weighted by molar-refractivity contribution is -0.119. The Morgan fingerprint density at radius 3 is 2.43 bits per heavy atom. The van der Waals surface area contributed by atoms with Crippen LogP contribution in [0.5, 0.6) is 0 Å². The number of benzene rings is 1. The van der Waals surface area contributed by atoms with Crippen molar-refractivity contribution in [3.05, 3.63) is 23.5 Å². The van der Waals surface area contributed by atoms with E-state index in [2.05, 4.69) is 0 Å². The first-order valence-corrected chi connectivity index (χ1v) is 4.07. The zero-order valence-electron chi connectivity index (χ0n) is 7.75. The Kier molecular flexibility index (Phi) is 2.60. The molecule has 4 nitrogen and oxygen atoms in total. The first-order valence-electron chi connectivity index (χ1n) is 4.07. The van der Waals surface area contributed by atoms with Gasteiger partial charge in [-0.25, -0.2) is 4.39 Å². The summed E-state index contributed by atoms with van der Waals surface area (Å²) < 4.78 is 13.1. The molecule has 1 unspecified atom stereocenters. The zero-order chi connectivity index (χ0) is 10.9. The third-order valence-electron chi connectivity index (χ3n) is 2.11. The molecule has 0 fully saturated rings. The summed E-state index contributed by atoms with van der Waals surface area (Å²) in [6.07, 6.45) is 0. The van der Waals surface area contributed by atoms with Crippen LogP contribution in [0.4, 0.5) is 15.8 Å². The number of rotatable bonds is 2. The van der Waals surface area contributed by atoms with Crippen molar-refractivity contribution in [2.75, 3.05) is 11.5 Å². The lowest BCUT2D eigenvalue weighted by atomic mass is 9.99. The van der Waals surface area contributed by atoms with Crippen molar-refractivity contribution >= 4 is 17.3 Å². The Bertz CT molecular complexity index is 355. The number of nitrogen functional groups attached to an aromatic ring is 2. The summed E-state index contributed by atoms with van der Waals surface area (Å²) in [4.78, 5) is 10.8. The van der Waals surface area contributed by atoms with Crippen molar-refractivity contribution in [1.82, 2.24) is 0 Å². The molecule has 0 aromatic heterocycles. The SMILES string of the molecule is CC(C(N)=O)c1cc(N)c(N)c(F)c1. The van der Waals surface area contributed by atoms with E-state index in [1.165, 1.54) is 12.1 Å². The molecule has 14 heavy (non-hydrogen) atoms. The Morgan fingerprint density at radius 2 is 2.00 bits per heavy atom. The molecule has 0 heterocycles. The monoisotopic (exact) mass is 197 g/mol. The zero-order valence-corrected chi connectivity index (χ0v) is 7.75. The standard InChI is InChI=1S/C9H12FN3O/c1-4(9(13)14)5-2-6(10)8(12)7(11)3-5/h2-4H,11-12H2,1H3,(H2,13,14). The van der Waals surface area contributed by atoms with E-state index in [0.717, 1.165) is 0 Å². The number of anilines is 2. The highest BCUT2D eigenvalue weighted by atomic mass is 19.1. The average molecular weight is 197 g/mol. The van der Waals surface area contributed by atoms with Gasteiger partial charge in [-0.1, -0.05) is 0 Å². The van der Waals surface area contributed by atoms with Crippen molar-refractivity contribution in [1.29, 1.82) is 0 Å². The molecule has 6 N–H and O–H groups in total. The quantitative estimate of drug-likeness (QED) is 0.605. The first-order chi connectivity index (χ1) is 6.43. The van der Waals surface area contributed by atoms with Crippen LogP contribution in [0.1, 0.15) is 18.4 Å². The van der Waals surface area contributed by atoms with Crippen LogP contribution >= 0.6 is 0 Å². The molecule has 0 aliphatic heterocycles. The van der Waals surface area contributed by atoms with Crippen LogP contribution in [0.2, 0.25) is 0 Å². The normalized spacial score (nSPS) is 12.4. The van der Waals surface area contributed by atoms with Gasteiger partial charge < -0.3 is 17.2 Å². The van der Waals surface area contributed by atoms with Gasteiger partial charge in [0, 0.05) is 0 Å². The minimum atomic E-state index is -0.631. The molecule has 1 atom stereocenters. The summed E-state index contributed by atoms with van der Waals surface area (Å²) in [6.45, 7) is 1.58. The van der Waals surface area contributed by atoms with Gasteiger partial charge in [-0.2, -0.15) is 0 Å². The molecule has 1 amide bonds. The summed E-state index contributed by atoms with van der Waals surface area (Å²) in [5.74, 6) is -1.74. The van der Waals surface area contributed by atoms with Gasteiger partial charge in [-0.3, -0.25) is 4.79 Å². The molecule has 1 aromatic carbocycles. The van der Waals surface area contributed by atoms with Crippen LogP contribution in [0, 0.1) is 5.82 Å². The molecule has 76 valence electrons. The van der Waals surface area contributed by atoms with Crippen LogP contribution in [0.15, 0.2) is 12.1 Å². The maximum Gasteiger partial charge on any atom is 0.224 e. The highest BCUT2D eigenvalue weighted by Gasteiger charge is 2.14. The van der Waals surface area contributed by atoms with E-state index < -0.39 is 17.6 Å². The Morgan fingerprint density at radius 1 is 1.43 bits per heavy atom. The number of hydrogen-bond donors (Lipinski definition) is 3. The molecule has 0 spiro atoms. The minimum Gasteiger partial charge on any atom is -0.397 e. The van der Waals surface area contributed by atoms with Crippen molar-refractivity contribution in [3.8, 4) is 0 Å². The number of hydrogen-bond acceptors (Lipinski definition) is 3. The molecule has 0 saturated carbocycles. The molecule has 5 heteroatoms. The average Bonchev–Trinajstić information content (AvgIpc) is 2.12. The van der Waals surface area contributed by atoms with Crippen LogP contribution in [0.25, 0.3) is 0 Å². The van der Waals surface area contributed by atoms with Crippen LogP contribution < -0.4 is 17.2 Å². The third-order valence-corrected chi connectivity index (χ3v) is 2.11. The van der Waals surface area contributed by atoms with Crippen molar-refractivity contribution in [2.24, 2.45) is 5.73 Å². The van der Waals surface area contributed by atoms with E-state index in [1.807, 2.05) is 0 Å². The molecule has 0 aliphatic rings. The van der Waals surface area contributed by atoms with Crippen LogP contribution in [-0.4, -0.2) is 5.91 Å². The van der Waals surface area contributed by atoms with E-state index in [9.17, 15) is 9.18 Å². The maximum absolute atomic E-state index is 13.1. The fraction of sp³-hybridized carbons (Fsp3) is 0.222. The molecule has 0 radical (unpaired) electrons. The first kappa shape index (κ1) is 10.3. The molecule has 0 bridgehead atoms. The van der Waals surface area contributed by atoms with E-state index in [-0.39, 0.29) is 11.4 Å². The summed E-state index contributed by atoms with van der Waals surface area (Å²) in [5, 5.41) is 0. The second-order valence-corrected chi connectivity index (χ2v) is 3.13. The second-order valence-electron chi connectivity index (χ2n) is 3.13. The van der Waals surface area contributed by atoms with E-state index >= 15 is 0 Å². The number of carbonyl (C=O) groups excluding carboxylic acids is 1. The largest absolute Gasteiger partial charge is 0.397 e. The molecule has 0 saturated heterocycles. The summed E-state index contributed by atoms with van der Waals surface area (Å²) in [5.41, 5.74) is 16.3. The fourth-order valence-electron chi connectivity index (χ4n) is 1.08. The summed E-state index contributed by atoms with van der Waals surface area (Å²) in [7, 11) is 0. The number of primary amides is 1. The van der Waals surface area contributed by atoms with Crippen LogP contribution in [0.3, 0.4) is 0 Å². The smallest absolute Gasteiger partial charge is 0.224 e. The molecular weight excluding hydrogens is 185 g/mol. The fourth-order valence-corrected chi connectivity index (χ4v) is 1.08. The van der Waals surface area contributed by atoms with Crippen LogP contribution in [-0.2, 0) is 4.79 Å². The number of halogens is 1. The van der Waals surface area contributed by atoms with E-state index in [4.69, 9.17) is 17.2 Å². The second kappa shape index (κ2) is 3.53. The van der Waals surface area contributed by atoms with E-state index in [0.29, 0.717) is 5.56 Å². The lowest BCUT2D eigenvalue weighted by Gasteiger charge is -2.10. The van der Waals surface area contributed by atoms with Gasteiger partial charge in [-0.05, 0) is 24.6 Å². The van der Waals surface area contributed by atoms with Gasteiger partial charge in [0.25, 0.3) is 0 Å². The van der Waals surface area contributed by atoms with Gasteiger partial charge in [-0.15, -0.1) is 0 Å². The maximum atomic E-state index is 13.1. The summed E-state index contributed by atoms with van der Waals surface area (Å²) in [6, 6.07) is 2.62. The number of carbonyl (C=O) groups is 1. The molecular formula is C9H12FN3O. The molecule has 1 aromatic rings. The predicted molar refractivity (Wildman–Crippen MR) is 52.8 cm³/mol. The van der Waals surface area contributed by atoms with Gasteiger partial charge in [0.15, 0.2) is 0 Å². The highest BCUT2D eigenvalue weighted by Crippen LogP contribution is 2.25. The van der Waals surface area contributed by atoms with Gasteiger partial charge in [0.2, 0.25) is 5.91 Å². The van der Waals surface area contributed by atoms with Gasteiger partial charge in [0.1, 0.15) is 5.82 Å². The third kappa shape index (κ3) is 1.76. The number of nitrogens with two attached hydrogens (primary N) is 3. The van der Waals surface area contributed by atoms with E-state index in [1.54, 1.807) is 6.92 Å². The molecule has 0 aliphatic carbocycles. The van der Waals surface area contributed by atoms with Gasteiger partial charge in [0.05, 0.1) is 17.3 Å². The summed E-state index contributed by atoms with van der Waals surface area (Å²) >= 11 is 0. The lowest BCUT2D eigenvalue weighted by Crippen LogP contribution is -2.19. The predicted octanol–water partition coefficient (Wildman–Crippen LogP) is 0.579. The topological polar surface area (TPSA) is 95.1 Å². The van der Waals surface area contributed by atoms with Gasteiger partial charge >= 0.3 is 0 Å². The molecule has 1 rings (SSSR count). The van der Waals surface area contributed by atoms with Crippen molar-refractivity contribution < 1.29 is 9.18 Å². The Labute approximate surface area is 80.9 Å². The van der Waals surface area contributed by atoms with Crippen molar-refractivity contribution in [2.45, 2.75) is 12.8 Å². The Balaban J connectivity index is 3.19. The Hall–Kier alpha value is -1.78. The number of amides is 1. The van der Waals surface area contributed by atoms with Crippen molar-refractivity contribution in [3.63, 3.8) is 0 Å². The minimum absolute atomic E-state index is 0.106.